The summed E-state index contributed by atoms with van der Waals surface area (Å²) in [5.41, 5.74) is 4.10. The number of nitrogens with zero attached hydrogens (tertiary/aromatic N) is 1. The van der Waals surface area contributed by atoms with Crippen LogP contribution in [-0.2, 0) is 0 Å². The molecule has 0 bridgehead atoms. The monoisotopic (exact) mass is 392 g/mol. The predicted octanol–water partition coefficient (Wildman–Crippen LogP) is 5.27. The molecule has 4 rings (SSSR count). The zero-order valence-electron chi connectivity index (χ0n) is 16.6. The molecule has 146 valence electrons. The minimum atomic E-state index is 0.0338. The third-order valence-corrected chi connectivity index (χ3v) is 6.37. The Bertz CT molecular complexity index is 835. The van der Waals surface area contributed by atoms with Gasteiger partial charge in [0.05, 0.1) is 0 Å². The molecule has 2 aliphatic rings. The number of rotatable bonds is 5. The van der Waals surface area contributed by atoms with E-state index in [1.165, 1.54) is 16.7 Å². The molecule has 1 saturated heterocycles. The van der Waals surface area contributed by atoms with E-state index in [4.69, 9.17) is 11.6 Å². The normalized spacial score (nSPS) is 24.0. The van der Waals surface area contributed by atoms with Crippen LogP contribution in [-0.4, -0.2) is 37.6 Å². The second kappa shape index (κ2) is 8.65. The molecule has 0 aromatic heterocycles. The van der Waals surface area contributed by atoms with Crippen LogP contribution in [0.5, 0.6) is 0 Å². The number of allylic oxidation sites excluding steroid dienone is 3. The summed E-state index contributed by atoms with van der Waals surface area (Å²) < 4.78 is 0. The minimum Gasteiger partial charge on any atom is -0.314 e. The summed E-state index contributed by atoms with van der Waals surface area (Å²) >= 11 is 6.22. The Kier molecular flexibility index (Phi) is 6.01. The van der Waals surface area contributed by atoms with E-state index in [0.717, 1.165) is 44.2 Å². The van der Waals surface area contributed by atoms with Crippen LogP contribution in [0.1, 0.15) is 30.4 Å². The fraction of sp³-hybridized carbons (Fsp3) is 0.360. The van der Waals surface area contributed by atoms with Gasteiger partial charge in [-0.2, -0.15) is 0 Å². The van der Waals surface area contributed by atoms with E-state index < -0.39 is 0 Å². The molecule has 2 aromatic rings. The van der Waals surface area contributed by atoms with Crippen LogP contribution in [0.3, 0.4) is 0 Å². The second-order valence-electron chi connectivity index (χ2n) is 8.14. The standard InChI is InChI=1S/C25H29ClN2/c1-20-11-13-25(14-12-20,19-28-17-15-27-16-18-28)24(21-5-3-2-4-6-21)22-7-9-23(26)10-8-22/h2-13,24,27H,14-19H2,1H3. The molecule has 1 N–H and O–H groups in total. The fourth-order valence-corrected chi connectivity index (χ4v) is 4.78. The van der Waals surface area contributed by atoms with Crippen molar-refractivity contribution < 1.29 is 0 Å². The molecule has 0 saturated carbocycles. The Morgan fingerprint density at radius 2 is 1.68 bits per heavy atom. The van der Waals surface area contributed by atoms with E-state index in [1.54, 1.807) is 0 Å². The maximum atomic E-state index is 6.22. The van der Waals surface area contributed by atoms with Crippen molar-refractivity contribution in [1.29, 1.82) is 0 Å². The Balaban J connectivity index is 1.78. The van der Waals surface area contributed by atoms with Crippen molar-refractivity contribution in [2.75, 3.05) is 32.7 Å². The molecule has 1 aliphatic heterocycles. The lowest BCUT2D eigenvalue weighted by molar-refractivity contribution is 0.155. The van der Waals surface area contributed by atoms with Gasteiger partial charge in [-0.15, -0.1) is 0 Å². The van der Waals surface area contributed by atoms with E-state index in [1.807, 2.05) is 12.1 Å². The summed E-state index contributed by atoms with van der Waals surface area (Å²) in [6.07, 6.45) is 8.27. The molecule has 0 spiro atoms. The topological polar surface area (TPSA) is 15.3 Å². The van der Waals surface area contributed by atoms with Crippen LogP contribution in [0.4, 0.5) is 0 Å². The van der Waals surface area contributed by atoms with Gasteiger partial charge in [-0.3, -0.25) is 4.90 Å². The molecule has 2 atom stereocenters. The van der Waals surface area contributed by atoms with Crippen molar-refractivity contribution in [2.45, 2.75) is 19.3 Å². The summed E-state index contributed by atoms with van der Waals surface area (Å²) in [5, 5.41) is 4.28. The lowest BCUT2D eigenvalue weighted by atomic mass is 9.64. The Hall–Kier alpha value is -1.87. The van der Waals surface area contributed by atoms with Crippen LogP contribution in [0.15, 0.2) is 78.4 Å². The summed E-state index contributed by atoms with van der Waals surface area (Å²) in [6.45, 7) is 7.64. The Morgan fingerprint density at radius 1 is 1.00 bits per heavy atom. The maximum absolute atomic E-state index is 6.22. The largest absolute Gasteiger partial charge is 0.314 e. The van der Waals surface area contributed by atoms with Gasteiger partial charge in [0, 0.05) is 49.1 Å². The van der Waals surface area contributed by atoms with Gasteiger partial charge >= 0.3 is 0 Å². The van der Waals surface area contributed by atoms with Gasteiger partial charge in [-0.1, -0.05) is 77.9 Å². The zero-order valence-corrected chi connectivity index (χ0v) is 17.3. The lowest BCUT2D eigenvalue weighted by Gasteiger charge is -2.44. The fourth-order valence-electron chi connectivity index (χ4n) is 4.65. The molecular formula is C25H29ClN2. The number of hydrogen-bond donors (Lipinski definition) is 1. The number of piperazine rings is 1. The minimum absolute atomic E-state index is 0.0338. The molecule has 1 fully saturated rings. The average Bonchev–Trinajstić information content (AvgIpc) is 2.73. The van der Waals surface area contributed by atoms with Crippen LogP contribution in [0, 0.1) is 5.41 Å². The van der Waals surface area contributed by atoms with Crippen molar-refractivity contribution in [3.63, 3.8) is 0 Å². The van der Waals surface area contributed by atoms with Crippen molar-refractivity contribution in [3.8, 4) is 0 Å². The summed E-state index contributed by atoms with van der Waals surface area (Å²) in [4.78, 5) is 2.63. The van der Waals surface area contributed by atoms with Crippen LogP contribution in [0.2, 0.25) is 5.02 Å². The Morgan fingerprint density at radius 3 is 2.32 bits per heavy atom. The number of benzene rings is 2. The van der Waals surface area contributed by atoms with Crippen LogP contribution in [0.25, 0.3) is 0 Å². The molecule has 1 aliphatic carbocycles. The first-order valence-corrected chi connectivity index (χ1v) is 10.6. The highest BCUT2D eigenvalue weighted by molar-refractivity contribution is 6.30. The maximum Gasteiger partial charge on any atom is 0.0406 e. The number of nitrogens with one attached hydrogen (secondary N) is 1. The Labute approximate surface area is 173 Å². The van der Waals surface area contributed by atoms with Crippen LogP contribution >= 0.6 is 11.6 Å². The third-order valence-electron chi connectivity index (χ3n) is 6.12. The quantitative estimate of drug-likeness (QED) is 0.745. The van der Waals surface area contributed by atoms with Crippen molar-refractivity contribution in [3.05, 3.63) is 94.5 Å². The van der Waals surface area contributed by atoms with Crippen molar-refractivity contribution >= 4 is 11.6 Å². The van der Waals surface area contributed by atoms with Gasteiger partial charge in [0.25, 0.3) is 0 Å². The molecule has 0 amide bonds. The molecule has 1 heterocycles. The SMILES string of the molecule is CC1=CCC(CN2CCNCC2)(C(c2ccccc2)c2ccc(Cl)cc2)C=C1. The molecular weight excluding hydrogens is 364 g/mol. The van der Waals surface area contributed by atoms with Crippen molar-refractivity contribution in [2.24, 2.45) is 5.41 Å². The van der Waals surface area contributed by atoms with E-state index in [2.05, 4.69) is 77.8 Å². The molecule has 28 heavy (non-hydrogen) atoms. The first-order valence-electron chi connectivity index (χ1n) is 10.3. The predicted molar refractivity (Wildman–Crippen MR) is 119 cm³/mol. The first-order chi connectivity index (χ1) is 13.7. The summed E-state index contributed by atoms with van der Waals surface area (Å²) in [6, 6.07) is 19.4. The lowest BCUT2D eigenvalue weighted by Crippen LogP contribution is -2.49. The third kappa shape index (κ3) is 4.25. The smallest absolute Gasteiger partial charge is 0.0406 e. The van der Waals surface area contributed by atoms with Gasteiger partial charge in [0.1, 0.15) is 0 Å². The zero-order chi connectivity index (χ0) is 19.4. The van der Waals surface area contributed by atoms with Gasteiger partial charge in [-0.25, -0.2) is 0 Å². The van der Waals surface area contributed by atoms with E-state index >= 15 is 0 Å². The molecule has 2 aromatic carbocycles. The molecule has 3 heteroatoms. The average molecular weight is 393 g/mol. The van der Waals surface area contributed by atoms with Crippen molar-refractivity contribution in [1.82, 2.24) is 10.2 Å². The first kappa shape index (κ1) is 19.4. The van der Waals surface area contributed by atoms with E-state index in [9.17, 15) is 0 Å². The highest BCUT2D eigenvalue weighted by atomic mass is 35.5. The van der Waals surface area contributed by atoms with Gasteiger partial charge in [-0.05, 0) is 36.6 Å². The highest BCUT2D eigenvalue weighted by Crippen LogP contribution is 2.48. The molecule has 0 radical (unpaired) electrons. The molecule has 2 nitrogen and oxygen atoms in total. The van der Waals surface area contributed by atoms with Gasteiger partial charge in [0.15, 0.2) is 0 Å². The number of halogens is 1. The highest BCUT2D eigenvalue weighted by Gasteiger charge is 2.40. The van der Waals surface area contributed by atoms with Crippen LogP contribution < -0.4 is 5.32 Å². The second-order valence-corrected chi connectivity index (χ2v) is 8.58. The van der Waals surface area contributed by atoms with E-state index in [0.29, 0.717) is 5.92 Å². The molecule has 2 unspecified atom stereocenters. The number of hydrogen-bond acceptors (Lipinski definition) is 2. The summed E-state index contributed by atoms with van der Waals surface area (Å²) in [5.74, 6) is 0.293. The van der Waals surface area contributed by atoms with Gasteiger partial charge < -0.3 is 5.32 Å². The van der Waals surface area contributed by atoms with E-state index in [-0.39, 0.29) is 5.41 Å². The van der Waals surface area contributed by atoms with Gasteiger partial charge in [0.2, 0.25) is 0 Å². The summed E-state index contributed by atoms with van der Waals surface area (Å²) in [7, 11) is 0.